The molecule has 1 heterocycles. The maximum absolute atomic E-state index is 11.6. The molecule has 5 nitrogen and oxygen atoms in total. The SMILES string of the molecule is O=C(NCc1ncn[nH]1)c1ccc(Cl)cc1. The van der Waals surface area contributed by atoms with Crippen molar-refractivity contribution in [2.45, 2.75) is 6.54 Å². The van der Waals surface area contributed by atoms with E-state index in [1.165, 1.54) is 6.33 Å². The zero-order valence-electron chi connectivity index (χ0n) is 8.27. The van der Waals surface area contributed by atoms with Gasteiger partial charge in [0.15, 0.2) is 0 Å². The smallest absolute Gasteiger partial charge is 0.251 e. The standard InChI is InChI=1S/C10H9ClN4O/c11-8-3-1-7(2-4-8)10(16)12-5-9-13-6-14-15-9/h1-4,6H,5H2,(H,12,16)(H,13,14,15). The Morgan fingerprint density at radius 3 is 2.75 bits per heavy atom. The molecule has 0 aliphatic carbocycles. The lowest BCUT2D eigenvalue weighted by Crippen LogP contribution is -2.23. The molecule has 0 fully saturated rings. The molecular formula is C10H9ClN4O. The summed E-state index contributed by atoms with van der Waals surface area (Å²) >= 11 is 5.72. The van der Waals surface area contributed by atoms with Gasteiger partial charge in [0.1, 0.15) is 12.2 Å². The first-order valence-corrected chi connectivity index (χ1v) is 5.01. The van der Waals surface area contributed by atoms with Crippen molar-refractivity contribution >= 4 is 17.5 Å². The van der Waals surface area contributed by atoms with Crippen LogP contribution in [-0.4, -0.2) is 21.1 Å². The predicted molar refractivity (Wildman–Crippen MR) is 59.0 cm³/mol. The first kappa shape index (κ1) is 10.6. The number of aromatic nitrogens is 3. The summed E-state index contributed by atoms with van der Waals surface area (Å²) < 4.78 is 0. The zero-order chi connectivity index (χ0) is 11.4. The fraction of sp³-hybridized carbons (Fsp3) is 0.100. The molecule has 1 aromatic heterocycles. The van der Waals surface area contributed by atoms with Crippen LogP contribution in [-0.2, 0) is 6.54 Å². The van der Waals surface area contributed by atoms with E-state index in [1.807, 2.05) is 0 Å². The van der Waals surface area contributed by atoms with Crippen LogP contribution in [0.15, 0.2) is 30.6 Å². The number of hydrogen-bond acceptors (Lipinski definition) is 3. The Labute approximate surface area is 96.8 Å². The van der Waals surface area contributed by atoms with E-state index in [2.05, 4.69) is 20.5 Å². The molecule has 0 spiro atoms. The van der Waals surface area contributed by atoms with E-state index >= 15 is 0 Å². The van der Waals surface area contributed by atoms with Crippen LogP contribution in [0.25, 0.3) is 0 Å². The Kier molecular flexibility index (Phi) is 3.16. The first-order valence-electron chi connectivity index (χ1n) is 4.64. The zero-order valence-corrected chi connectivity index (χ0v) is 9.03. The van der Waals surface area contributed by atoms with Crippen molar-refractivity contribution in [1.82, 2.24) is 20.5 Å². The van der Waals surface area contributed by atoms with Gasteiger partial charge >= 0.3 is 0 Å². The highest BCUT2D eigenvalue weighted by Gasteiger charge is 2.05. The molecule has 2 aromatic rings. The van der Waals surface area contributed by atoms with Crippen LogP contribution in [0, 0.1) is 0 Å². The summed E-state index contributed by atoms with van der Waals surface area (Å²) in [5.74, 6) is 0.440. The molecule has 16 heavy (non-hydrogen) atoms. The van der Waals surface area contributed by atoms with Crippen LogP contribution >= 0.6 is 11.6 Å². The molecule has 6 heteroatoms. The average molecular weight is 237 g/mol. The van der Waals surface area contributed by atoms with E-state index in [1.54, 1.807) is 24.3 Å². The minimum atomic E-state index is -0.173. The lowest BCUT2D eigenvalue weighted by atomic mass is 10.2. The fourth-order valence-corrected chi connectivity index (χ4v) is 1.31. The van der Waals surface area contributed by atoms with Crippen LogP contribution in [0.4, 0.5) is 0 Å². The summed E-state index contributed by atoms with van der Waals surface area (Å²) in [6, 6.07) is 6.67. The maximum Gasteiger partial charge on any atom is 0.251 e. The molecule has 1 aromatic carbocycles. The Hall–Kier alpha value is -1.88. The second-order valence-corrected chi connectivity index (χ2v) is 3.56. The summed E-state index contributed by atoms with van der Waals surface area (Å²) in [4.78, 5) is 15.5. The van der Waals surface area contributed by atoms with E-state index in [4.69, 9.17) is 11.6 Å². The molecule has 82 valence electrons. The number of carbonyl (C=O) groups is 1. The number of benzene rings is 1. The van der Waals surface area contributed by atoms with Gasteiger partial charge in [0.05, 0.1) is 6.54 Å². The van der Waals surface area contributed by atoms with Crippen LogP contribution < -0.4 is 5.32 Å². The van der Waals surface area contributed by atoms with Crippen LogP contribution in [0.1, 0.15) is 16.2 Å². The molecule has 0 saturated carbocycles. The lowest BCUT2D eigenvalue weighted by molar-refractivity contribution is 0.0950. The number of carbonyl (C=O) groups excluding carboxylic acids is 1. The topological polar surface area (TPSA) is 70.7 Å². The number of hydrogen-bond donors (Lipinski definition) is 2. The average Bonchev–Trinajstić information content (AvgIpc) is 2.80. The van der Waals surface area contributed by atoms with Crippen molar-refractivity contribution in [2.24, 2.45) is 0 Å². The Morgan fingerprint density at radius 1 is 1.38 bits per heavy atom. The van der Waals surface area contributed by atoms with Gasteiger partial charge in [-0.05, 0) is 24.3 Å². The third-order valence-electron chi connectivity index (χ3n) is 1.99. The van der Waals surface area contributed by atoms with E-state index in [9.17, 15) is 4.79 Å². The van der Waals surface area contributed by atoms with Crippen molar-refractivity contribution < 1.29 is 4.79 Å². The quantitative estimate of drug-likeness (QED) is 0.846. The molecule has 0 aliphatic heterocycles. The number of rotatable bonds is 3. The molecular weight excluding hydrogens is 228 g/mol. The normalized spacial score (nSPS) is 10.1. The maximum atomic E-state index is 11.6. The monoisotopic (exact) mass is 236 g/mol. The van der Waals surface area contributed by atoms with Gasteiger partial charge in [0.2, 0.25) is 0 Å². The number of amides is 1. The number of nitrogens with one attached hydrogen (secondary N) is 2. The molecule has 0 aliphatic rings. The van der Waals surface area contributed by atoms with Gasteiger partial charge in [0, 0.05) is 10.6 Å². The van der Waals surface area contributed by atoms with Crippen LogP contribution in [0.2, 0.25) is 5.02 Å². The highest BCUT2D eigenvalue weighted by Crippen LogP contribution is 2.09. The largest absolute Gasteiger partial charge is 0.345 e. The van der Waals surface area contributed by atoms with E-state index < -0.39 is 0 Å². The van der Waals surface area contributed by atoms with Gasteiger partial charge in [-0.1, -0.05) is 11.6 Å². The molecule has 1 amide bonds. The van der Waals surface area contributed by atoms with Gasteiger partial charge in [-0.15, -0.1) is 0 Å². The van der Waals surface area contributed by atoms with Crippen molar-refractivity contribution in [3.63, 3.8) is 0 Å². The Bertz CT molecular complexity index is 466. The highest BCUT2D eigenvalue weighted by atomic mass is 35.5. The summed E-state index contributed by atoms with van der Waals surface area (Å²) in [6.07, 6.45) is 1.39. The lowest BCUT2D eigenvalue weighted by Gasteiger charge is -2.02. The minimum absolute atomic E-state index is 0.173. The Balaban J connectivity index is 1.95. The predicted octanol–water partition coefficient (Wildman–Crippen LogP) is 1.39. The fourth-order valence-electron chi connectivity index (χ4n) is 1.18. The van der Waals surface area contributed by atoms with Gasteiger partial charge in [-0.2, -0.15) is 5.10 Å². The second kappa shape index (κ2) is 4.76. The summed E-state index contributed by atoms with van der Waals surface area (Å²) in [5.41, 5.74) is 0.559. The molecule has 0 unspecified atom stereocenters. The van der Waals surface area contributed by atoms with E-state index in [-0.39, 0.29) is 5.91 Å². The number of aromatic amines is 1. The number of H-pyrrole nitrogens is 1. The third-order valence-corrected chi connectivity index (χ3v) is 2.24. The van der Waals surface area contributed by atoms with Crippen LogP contribution in [0.3, 0.4) is 0 Å². The van der Waals surface area contributed by atoms with E-state index in [0.717, 1.165) is 0 Å². The van der Waals surface area contributed by atoms with Crippen molar-refractivity contribution in [3.8, 4) is 0 Å². The molecule has 0 bridgehead atoms. The second-order valence-electron chi connectivity index (χ2n) is 3.12. The molecule has 2 rings (SSSR count). The summed E-state index contributed by atoms with van der Waals surface area (Å²) in [5, 5.41) is 9.64. The van der Waals surface area contributed by atoms with Gasteiger partial charge in [-0.25, -0.2) is 4.98 Å². The van der Waals surface area contributed by atoms with E-state index in [0.29, 0.717) is 23.0 Å². The minimum Gasteiger partial charge on any atom is -0.345 e. The van der Waals surface area contributed by atoms with Crippen molar-refractivity contribution in [3.05, 3.63) is 47.0 Å². The highest BCUT2D eigenvalue weighted by molar-refractivity contribution is 6.30. The van der Waals surface area contributed by atoms with Gasteiger partial charge in [-0.3, -0.25) is 9.89 Å². The number of nitrogens with zero attached hydrogens (tertiary/aromatic N) is 2. The summed E-state index contributed by atoms with van der Waals surface area (Å²) in [6.45, 7) is 0.321. The number of halogens is 1. The van der Waals surface area contributed by atoms with Gasteiger partial charge in [0.25, 0.3) is 5.91 Å². The third kappa shape index (κ3) is 2.58. The van der Waals surface area contributed by atoms with Crippen molar-refractivity contribution in [1.29, 1.82) is 0 Å². The Morgan fingerprint density at radius 2 is 2.12 bits per heavy atom. The van der Waals surface area contributed by atoms with Crippen LogP contribution in [0.5, 0.6) is 0 Å². The summed E-state index contributed by atoms with van der Waals surface area (Å²) in [7, 11) is 0. The van der Waals surface area contributed by atoms with Crippen molar-refractivity contribution in [2.75, 3.05) is 0 Å². The molecule has 0 radical (unpaired) electrons. The molecule has 0 atom stereocenters. The van der Waals surface area contributed by atoms with Gasteiger partial charge < -0.3 is 5.32 Å². The molecule has 2 N–H and O–H groups in total. The first-order chi connectivity index (χ1) is 7.75. The molecule has 0 saturated heterocycles.